The standard InChI is InChI=1S/C27H28ClN3O6/c1-34-23-10-8-19(28)16-21(23)29-26(32)17-37-24-9-7-18(15-25(24)35-2)27(33)30-20-5-3-4-6-22(20)31-11-13-36-14-12-31/h3-10,15-16H,11-14,17H2,1-2H3,(H,29,32)(H,30,33). The fourth-order valence-electron chi connectivity index (χ4n) is 3.89. The van der Waals surface area contributed by atoms with Crippen molar-refractivity contribution in [3.8, 4) is 17.2 Å². The Morgan fingerprint density at radius 3 is 2.38 bits per heavy atom. The van der Waals surface area contributed by atoms with Crippen molar-refractivity contribution < 1.29 is 28.5 Å². The first-order chi connectivity index (χ1) is 18.0. The number of benzene rings is 3. The van der Waals surface area contributed by atoms with E-state index in [0.29, 0.717) is 52.4 Å². The highest BCUT2D eigenvalue weighted by molar-refractivity contribution is 6.31. The van der Waals surface area contributed by atoms with E-state index in [1.54, 1.807) is 36.4 Å². The van der Waals surface area contributed by atoms with E-state index in [1.165, 1.54) is 14.2 Å². The number of hydrogen-bond donors (Lipinski definition) is 2. The molecule has 0 aromatic heterocycles. The average molecular weight is 526 g/mol. The lowest BCUT2D eigenvalue weighted by Crippen LogP contribution is -2.36. The maximum Gasteiger partial charge on any atom is 0.262 e. The molecule has 0 radical (unpaired) electrons. The molecule has 37 heavy (non-hydrogen) atoms. The fourth-order valence-corrected chi connectivity index (χ4v) is 4.06. The van der Waals surface area contributed by atoms with Crippen molar-refractivity contribution in [3.05, 3.63) is 71.2 Å². The molecule has 194 valence electrons. The molecule has 9 nitrogen and oxygen atoms in total. The van der Waals surface area contributed by atoms with E-state index in [-0.39, 0.29) is 12.5 Å². The first kappa shape index (κ1) is 26.1. The van der Waals surface area contributed by atoms with E-state index in [2.05, 4.69) is 15.5 Å². The normalized spacial score (nSPS) is 13.0. The van der Waals surface area contributed by atoms with Crippen LogP contribution in [0.2, 0.25) is 5.02 Å². The number of amides is 2. The van der Waals surface area contributed by atoms with Gasteiger partial charge >= 0.3 is 0 Å². The molecular weight excluding hydrogens is 498 g/mol. The highest BCUT2D eigenvalue weighted by atomic mass is 35.5. The molecule has 0 spiro atoms. The van der Waals surface area contributed by atoms with Gasteiger partial charge in [0.05, 0.1) is 44.5 Å². The van der Waals surface area contributed by atoms with E-state index < -0.39 is 5.91 Å². The number of carbonyl (C=O) groups excluding carboxylic acids is 2. The Hall–Kier alpha value is -3.95. The maximum atomic E-state index is 13.0. The number of hydrogen-bond acceptors (Lipinski definition) is 7. The summed E-state index contributed by atoms with van der Waals surface area (Å²) in [6.07, 6.45) is 0. The molecule has 0 saturated carbocycles. The van der Waals surface area contributed by atoms with Gasteiger partial charge in [0.1, 0.15) is 5.75 Å². The molecule has 4 rings (SSSR count). The van der Waals surface area contributed by atoms with Gasteiger partial charge in [0.25, 0.3) is 11.8 Å². The van der Waals surface area contributed by atoms with Crippen molar-refractivity contribution in [2.45, 2.75) is 0 Å². The summed E-state index contributed by atoms with van der Waals surface area (Å²) < 4.78 is 21.7. The highest BCUT2D eigenvalue weighted by Crippen LogP contribution is 2.31. The molecule has 3 aromatic carbocycles. The van der Waals surface area contributed by atoms with E-state index in [4.69, 9.17) is 30.5 Å². The van der Waals surface area contributed by atoms with Crippen LogP contribution >= 0.6 is 11.6 Å². The molecule has 1 heterocycles. The predicted octanol–water partition coefficient (Wildman–Crippen LogP) is 4.46. The number of morpholine rings is 1. The lowest BCUT2D eigenvalue weighted by atomic mass is 10.1. The third-order valence-corrected chi connectivity index (χ3v) is 5.96. The van der Waals surface area contributed by atoms with Crippen molar-refractivity contribution in [3.63, 3.8) is 0 Å². The van der Waals surface area contributed by atoms with Gasteiger partial charge < -0.3 is 34.5 Å². The second-order valence-electron chi connectivity index (χ2n) is 8.12. The number of para-hydroxylation sites is 2. The van der Waals surface area contributed by atoms with E-state index >= 15 is 0 Å². The summed E-state index contributed by atoms with van der Waals surface area (Å²) in [5.41, 5.74) is 2.46. The molecule has 0 bridgehead atoms. The van der Waals surface area contributed by atoms with Crippen molar-refractivity contribution in [1.82, 2.24) is 0 Å². The van der Waals surface area contributed by atoms with Gasteiger partial charge in [0.15, 0.2) is 18.1 Å². The molecule has 3 aromatic rings. The minimum atomic E-state index is -0.413. The number of nitrogens with one attached hydrogen (secondary N) is 2. The van der Waals surface area contributed by atoms with Crippen molar-refractivity contribution in [1.29, 1.82) is 0 Å². The lowest BCUT2D eigenvalue weighted by molar-refractivity contribution is -0.118. The zero-order chi connectivity index (χ0) is 26.2. The van der Waals surface area contributed by atoms with Gasteiger partial charge in [-0.1, -0.05) is 23.7 Å². The first-order valence-electron chi connectivity index (χ1n) is 11.7. The number of nitrogens with zero attached hydrogens (tertiary/aromatic N) is 1. The van der Waals surface area contributed by atoms with E-state index in [1.807, 2.05) is 24.3 Å². The van der Waals surface area contributed by atoms with Gasteiger partial charge in [-0.2, -0.15) is 0 Å². The Bertz CT molecular complexity index is 1260. The van der Waals surface area contributed by atoms with Gasteiger partial charge in [-0.15, -0.1) is 0 Å². The smallest absolute Gasteiger partial charge is 0.262 e. The number of rotatable bonds is 9. The van der Waals surface area contributed by atoms with Crippen LogP contribution in [0.1, 0.15) is 10.4 Å². The summed E-state index contributed by atoms with van der Waals surface area (Å²) in [6, 6.07) is 17.3. The second-order valence-corrected chi connectivity index (χ2v) is 8.55. The monoisotopic (exact) mass is 525 g/mol. The summed E-state index contributed by atoms with van der Waals surface area (Å²) in [4.78, 5) is 27.7. The van der Waals surface area contributed by atoms with Crippen LogP contribution in [0.25, 0.3) is 0 Å². The fraction of sp³-hybridized carbons (Fsp3) is 0.259. The molecule has 2 N–H and O–H groups in total. The third kappa shape index (κ3) is 6.63. The molecule has 0 aliphatic carbocycles. The van der Waals surface area contributed by atoms with E-state index in [9.17, 15) is 9.59 Å². The third-order valence-electron chi connectivity index (χ3n) is 5.72. The number of methoxy groups -OCH3 is 2. The number of ether oxygens (including phenoxy) is 4. The first-order valence-corrected chi connectivity index (χ1v) is 12.0. The van der Waals surface area contributed by atoms with Gasteiger partial charge in [0.2, 0.25) is 0 Å². The summed E-state index contributed by atoms with van der Waals surface area (Å²) in [5.74, 6) is 0.407. The van der Waals surface area contributed by atoms with E-state index in [0.717, 1.165) is 18.8 Å². The minimum Gasteiger partial charge on any atom is -0.495 e. The Morgan fingerprint density at radius 2 is 1.62 bits per heavy atom. The maximum absolute atomic E-state index is 13.0. The molecule has 10 heteroatoms. The summed E-state index contributed by atoms with van der Waals surface area (Å²) in [6.45, 7) is 2.51. The highest BCUT2D eigenvalue weighted by Gasteiger charge is 2.18. The van der Waals surface area contributed by atoms with Crippen LogP contribution in [0.3, 0.4) is 0 Å². The summed E-state index contributed by atoms with van der Waals surface area (Å²) in [7, 11) is 2.97. The predicted molar refractivity (Wildman–Crippen MR) is 143 cm³/mol. The number of halogens is 1. The largest absolute Gasteiger partial charge is 0.495 e. The summed E-state index contributed by atoms with van der Waals surface area (Å²) >= 11 is 6.01. The van der Waals surface area contributed by atoms with Crippen molar-refractivity contribution in [2.75, 3.05) is 62.7 Å². The van der Waals surface area contributed by atoms with Gasteiger partial charge in [0, 0.05) is 23.7 Å². The van der Waals surface area contributed by atoms with Gasteiger partial charge in [-0.3, -0.25) is 9.59 Å². The zero-order valence-corrected chi connectivity index (χ0v) is 21.3. The lowest BCUT2D eigenvalue weighted by Gasteiger charge is -2.30. The molecule has 1 aliphatic heterocycles. The minimum absolute atomic E-state index is 0.287. The molecule has 0 unspecified atom stereocenters. The van der Waals surface area contributed by atoms with Crippen LogP contribution in [-0.2, 0) is 9.53 Å². The Kier molecular flexibility index (Phi) is 8.71. The quantitative estimate of drug-likeness (QED) is 0.425. The van der Waals surface area contributed by atoms with Crippen LogP contribution in [0.4, 0.5) is 17.1 Å². The molecule has 1 fully saturated rings. The molecule has 0 atom stereocenters. The van der Waals surface area contributed by atoms with Crippen molar-refractivity contribution in [2.24, 2.45) is 0 Å². The van der Waals surface area contributed by atoms with Crippen LogP contribution in [0.15, 0.2) is 60.7 Å². The number of anilines is 3. The Balaban J connectivity index is 1.41. The topological polar surface area (TPSA) is 98.4 Å². The SMILES string of the molecule is COc1ccc(Cl)cc1NC(=O)COc1ccc(C(=O)Nc2ccccc2N2CCOCC2)cc1OC. The molecule has 1 saturated heterocycles. The van der Waals surface area contributed by atoms with Crippen LogP contribution in [0, 0.1) is 0 Å². The van der Waals surface area contributed by atoms with Gasteiger partial charge in [-0.25, -0.2) is 0 Å². The average Bonchev–Trinajstić information content (AvgIpc) is 2.92. The Labute approximate surface area is 220 Å². The summed E-state index contributed by atoms with van der Waals surface area (Å²) in [5, 5.41) is 6.15. The zero-order valence-electron chi connectivity index (χ0n) is 20.6. The Morgan fingerprint density at radius 1 is 0.892 bits per heavy atom. The molecular formula is C27H28ClN3O6. The molecule has 2 amide bonds. The van der Waals surface area contributed by atoms with Gasteiger partial charge in [-0.05, 0) is 48.5 Å². The second kappa shape index (κ2) is 12.3. The van der Waals surface area contributed by atoms with Crippen LogP contribution in [-0.4, -0.2) is 58.9 Å². The van der Waals surface area contributed by atoms with Crippen LogP contribution in [0.5, 0.6) is 17.2 Å². The van der Waals surface area contributed by atoms with Crippen molar-refractivity contribution >= 4 is 40.5 Å². The number of carbonyl (C=O) groups is 2. The molecule has 1 aliphatic rings. The van der Waals surface area contributed by atoms with Crippen LogP contribution < -0.4 is 29.7 Å².